The predicted octanol–water partition coefficient (Wildman–Crippen LogP) is 9.72. The molecule has 0 bridgehead atoms. The standard InChI is InChI=1S/C38H36N2/c1-8-26-17-27(33-13-9-11-15-35(33)29-20-31(24-39-22-29)37(2,3)4)19-28(18-26)34-14-10-12-16-36(34)30-21-32(25-40-23-30)38(5,6)7/h1,9-25H,2-7H3. The molecule has 0 saturated heterocycles. The number of terminal acetylenes is 1. The second kappa shape index (κ2) is 10.6. The van der Waals surface area contributed by atoms with Crippen LogP contribution in [0.1, 0.15) is 58.2 Å². The van der Waals surface area contributed by atoms with Crippen molar-refractivity contribution in [1.82, 2.24) is 9.97 Å². The Labute approximate surface area is 239 Å². The van der Waals surface area contributed by atoms with E-state index in [0.29, 0.717) is 0 Å². The summed E-state index contributed by atoms with van der Waals surface area (Å²) >= 11 is 0. The number of pyridine rings is 2. The zero-order chi connectivity index (χ0) is 28.5. The van der Waals surface area contributed by atoms with Crippen LogP contribution < -0.4 is 0 Å². The summed E-state index contributed by atoms with van der Waals surface area (Å²) in [4.78, 5) is 9.18. The molecule has 0 aliphatic heterocycles. The van der Waals surface area contributed by atoms with E-state index >= 15 is 0 Å². The van der Waals surface area contributed by atoms with Crippen molar-refractivity contribution in [2.75, 3.05) is 0 Å². The molecule has 0 unspecified atom stereocenters. The van der Waals surface area contributed by atoms with Gasteiger partial charge in [0.05, 0.1) is 0 Å². The first-order chi connectivity index (χ1) is 19.0. The summed E-state index contributed by atoms with van der Waals surface area (Å²) in [5.41, 5.74) is 12.2. The fraction of sp³-hybridized carbons (Fsp3) is 0.211. The smallest absolute Gasteiger partial charge is 0.0346 e. The molecule has 0 aliphatic carbocycles. The Balaban J connectivity index is 1.67. The normalized spacial score (nSPS) is 11.7. The van der Waals surface area contributed by atoms with Crippen molar-refractivity contribution in [3.05, 3.63) is 120 Å². The van der Waals surface area contributed by atoms with Crippen LogP contribution in [0, 0.1) is 12.3 Å². The molecule has 40 heavy (non-hydrogen) atoms. The lowest BCUT2D eigenvalue weighted by atomic mass is 9.85. The number of aromatic nitrogens is 2. The molecular formula is C38H36N2. The summed E-state index contributed by atoms with van der Waals surface area (Å²) in [6, 6.07) is 28.0. The molecular weight excluding hydrogens is 484 g/mol. The van der Waals surface area contributed by atoms with Gasteiger partial charge in [0.1, 0.15) is 0 Å². The van der Waals surface area contributed by atoms with Gasteiger partial charge in [-0.1, -0.05) is 96.0 Å². The minimum atomic E-state index is 0.0113. The van der Waals surface area contributed by atoms with Crippen LogP contribution in [0.5, 0.6) is 0 Å². The highest BCUT2D eigenvalue weighted by atomic mass is 14.6. The van der Waals surface area contributed by atoms with Gasteiger partial charge in [0.15, 0.2) is 0 Å². The van der Waals surface area contributed by atoms with Crippen molar-refractivity contribution >= 4 is 0 Å². The second-order valence-electron chi connectivity index (χ2n) is 12.5. The molecule has 0 aliphatic rings. The molecule has 0 saturated carbocycles. The lowest BCUT2D eigenvalue weighted by molar-refractivity contribution is 0.587. The van der Waals surface area contributed by atoms with Gasteiger partial charge in [-0.25, -0.2) is 0 Å². The summed E-state index contributed by atoms with van der Waals surface area (Å²) in [6.07, 6.45) is 13.8. The quantitative estimate of drug-likeness (QED) is 0.220. The van der Waals surface area contributed by atoms with Gasteiger partial charge in [-0.05, 0) is 85.7 Å². The van der Waals surface area contributed by atoms with Crippen molar-refractivity contribution in [2.45, 2.75) is 52.4 Å². The van der Waals surface area contributed by atoms with Gasteiger partial charge < -0.3 is 0 Å². The van der Waals surface area contributed by atoms with E-state index in [9.17, 15) is 0 Å². The van der Waals surface area contributed by atoms with Gasteiger partial charge in [0.2, 0.25) is 0 Å². The first-order valence-electron chi connectivity index (χ1n) is 13.8. The molecule has 0 amide bonds. The molecule has 198 valence electrons. The highest BCUT2D eigenvalue weighted by Gasteiger charge is 2.18. The van der Waals surface area contributed by atoms with Crippen molar-refractivity contribution in [2.24, 2.45) is 0 Å². The fourth-order valence-electron chi connectivity index (χ4n) is 4.99. The van der Waals surface area contributed by atoms with E-state index < -0.39 is 0 Å². The van der Waals surface area contributed by atoms with Gasteiger partial charge in [0, 0.05) is 41.5 Å². The number of hydrogen-bond donors (Lipinski definition) is 0. The lowest BCUT2D eigenvalue weighted by Gasteiger charge is -2.20. The third kappa shape index (κ3) is 5.61. The first kappa shape index (κ1) is 27.1. The monoisotopic (exact) mass is 520 g/mol. The minimum Gasteiger partial charge on any atom is -0.264 e. The van der Waals surface area contributed by atoms with E-state index in [1.165, 1.54) is 11.1 Å². The Morgan fingerprint density at radius 3 is 1.23 bits per heavy atom. The number of rotatable bonds is 4. The third-order valence-corrected chi connectivity index (χ3v) is 7.41. The zero-order valence-electron chi connectivity index (χ0n) is 24.3. The van der Waals surface area contributed by atoms with Crippen molar-refractivity contribution in [1.29, 1.82) is 0 Å². The molecule has 0 radical (unpaired) electrons. The average Bonchev–Trinajstić information content (AvgIpc) is 2.96. The van der Waals surface area contributed by atoms with Gasteiger partial charge in [0.25, 0.3) is 0 Å². The molecule has 0 spiro atoms. The predicted molar refractivity (Wildman–Crippen MR) is 169 cm³/mol. The third-order valence-electron chi connectivity index (χ3n) is 7.41. The molecule has 2 nitrogen and oxygen atoms in total. The van der Waals surface area contributed by atoms with Crippen LogP contribution >= 0.6 is 0 Å². The van der Waals surface area contributed by atoms with Gasteiger partial charge in [-0.15, -0.1) is 6.42 Å². The minimum absolute atomic E-state index is 0.0113. The molecule has 3 aromatic carbocycles. The molecule has 5 aromatic rings. The van der Waals surface area contributed by atoms with Crippen molar-refractivity contribution in [3.8, 4) is 56.9 Å². The Bertz CT molecular complexity index is 1600. The molecule has 2 aromatic heterocycles. The largest absolute Gasteiger partial charge is 0.264 e. The SMILES string of the molecule is C#Cc1cc(-c2ccccc2-c2cncc(C(C)(C)C)c2)cc(-c2ccccc2-c2cncc(C(C)(C)C)c2)c1. The molecule has 2 heterocycles. The average molecular weight is 521 g/mol. The Morgan fingerprint density at radius 2 is 0.875 bits per heavy atom. The van der Waals surface area contributed by atoms with E-state index in [0.717, 1.165) is 50.1 Å². The number of benzene rings is 3. The molecule has 2 heteroatoms. The first-order valence-corrected chi connectivity index (χ1v) is 13.8. The molecule has 5 rings (SSSR count). The number of hydrogen-bond acceptors (Lipinski definition) is 2. The van der Waals surface area contributed by atoms with E-state index in [2.05, 4.69) is 136 Å². The summed E-state index contributed by atoms with van der Waals surface area (Å²) in [7, 11) is 0. The molecule has 0 fully saturated rings. The van der Waals surface area contributed by atoms with E-state index in [4.69, 9.17) is 6.42 Å². The van der Waals surface area contributed by atoms with Crippen LogP contribution in [0.15, 0.2) is 104 Å². The maximum absolute atomic E-state index is 6.01. The van der Waals surface area contributed by atoms with Crippen LogP contribution in [0.4, 0.5) is 0 Å². The highest BCUT2D eigenvalue weighted by Crippen LogP contribution is 2.39. The Kier molecular flexibility index (Phi) is 7.17. The summed E-state index contributed by atoms with van der Waals surface area (Å²) in [5.74, 6) is 2.90. The zero-order valence-corrected chi connectivity index (χ0v) is 24.3. The molecule has 0 N–H and O–H groups in total. The van der Waals surface area contributed by atoms with Gasteiger partial charge >= 0.3 is 0 Å². The summed E-state index contributed by atoms with van der Waals surface area (Å²) < 4.78 is 0. The topological polar surface area (TPSA) is 25.8 Å². The van der Waals surface area contributed by atoms with E-state index in [1.54, 1.807) is 0 Å². The van der Waals surface area contributed by atoms with Crippen LogP contribution in [0.2, 0.25) is 0 Å². The van der Waals surface area contributed by atoms with Crippen LogP contribution in [-0.2, 0) is 10.8 Å². The van der Waals surface area contributed by atoms with E-state index in [1.807, 2.05) is 24.8 Å². The summed E-state index contributed by atoms with van der Waals surface area (Å²) in [6.45, 7) is 13.3. The van der Waals surface area contributed by atoms with Crippen molar-refractivity contribution in [3.63, 3.8) is 0 Å². The summed E-state index contributed by atoms with van der Waals surface area (Å²) in [5, 5.41) is 0. The molecule has 0 atom stereocenters. The van der Waals surface area contributed by atoms with E-state index in [-0.39, 0.29) is 10.8 Å². The maximum atomic E-state index is 6.01. The van der Waals surface area contributed by atoms with Crippen molar-refractivity contribution < 1.29 is 0 Å². The Hall–Kier alpha value is -4.48. The maximum Gasteiger partial charge on any atom is 0.0346 e. The van der Waals surface area contributed by atoms with Crippen LogP contribution in [-0.4, -0.2) is 9.97 Å². The van der Waals surface area contributed by atoms with Crippen LogP contribution in [0.3, 0.4) is 0 Å². The van der Waals surface area contributed by atoms with Gasteiger partial charge in [-0.3, -0.25) is 9.97 Å². The van der Waals surface area contributed by atoms with Gasteiger partial charge in [-0.2, -0.15) is 0 Å². The fourth-order valence-corrected chi connectivity index (χ4v) is 4.99. The second-order valence-corrected chi connectivity index (χ2v) is 12.5. The van der Waals surface area contributed by atoms with Crippen LogP contribution in [0.25, 0.3) is 44.5 Å². The lowest BCUT2D eigenvalue weighted by Crippen LogP contribution is -2.11. The Morgan fingerprint density at radius 1 is 0.500 bits per heavy atom. The number of nitrogens with zero attached hydrogens (tertiary/aromatic N) is 2. The highest BCUT2D eigenvalue weighted by molar-refractivity contribution is 5.89.